The number of hydrogen-bond acceptors (Lipinski definition) is 2. The van der Waals surface area contributed by atoms with Crippen LogP contribution in [0.15, 0.2) is 194 Å². The number of aryl methyl sites for hydroxylation is 4. The molecule has 0 N–H and O–H groups in total. The van der Waals surface area contributed by atoms with Gasteiger partial charge in [0.25, 0.3) is 0 Å². The molecule has 348 valence electrons. The maximum absolute atomic E-state index is 2.53. The van der Waals surface area contributed by atoms with Crippen molar-refractivity contribution < 1.29 is 0 Å². The molecule has 1 spiro atoms. The van der Waals surface area contributed by atoms with Crippen molar-refractivity contribution >= 4 is 55.7 Å². The maximum Gasteiger partial charge on any atom is 0.0737 e. The van der Waals surface area contributed by atoms with Crippen LogP contribution in [0.4, 0.5) is 34.1 Å². The average Bonchev–Trinajstić information content (AvgIpc) is 3.81. The van der Waals surface area contributed by atoms with Gasteiger partial charge < -0.3 is 9.80 Å². The van der Waals surface area contributed by atoms with E-state index in [1.165, 1.54) is 99.4 Å². The van der Waals surface area contributed by atoms with E-state index < -0.39 is 5.41 Å². The Morgan fingerprint density at radius 2 is 0.690 bits per heavy atom. The summed E-state index contributed by atoms with van der Waals surface area (Å²) in [6, 6.07) is 74.3. The molecule has 71 heavy (non-hydrogen) atoms. The number of hydrogen-bond donors (Lipinski definition) is 0. The van der Waals surface area contributed by atoms with Gasteiger partial charge in [0, 0.05) is 34.1 Å². The molecule has 2 heteroatoms. The highest BCUT2D eigenvalue weighted by molar-refractivity contribution is 6.10. The summed E-state index contributed by atoms with van der Waals surface area (Å²) >= 11 is 0. The molecule has 10 aromatic carbocycles. The van der Waals surface area contributed by atoms with Crippen molar-refractivity contribution in [1.29, 1.82) is 0 Å². The lowest BCUT2D eigenvalue weighted by atomic mass is 9.68. The molecule has 2 nitrogen and oxygen atoms in total. The zero-order chi connectivity index (χ0) is 49.1. The van der Waals surface area contributed by atoms with Crippen LogP contribution in [-0.4, -0.2) is 0 Å². The quantitative estimate of drug-likeness (QED) is 0.164. The first kappa shape index (κ1) is 44.5. The van der Waals surface area contributed by atoms with Gasteiger partial charge >= 0.3 is 0 Å². The molecule has 0 amide bonds. The molecular formula is C69H62N2. The Labute approximate surface area is 420 Å². The fourth-order valence-corrected chi connectivity index (χ4v) is 12.3. The number of fused-ring (bicyclic) bond motifs is 14. The minimum atomic E-state index is -0.593. The van der Waals surface area contributed by atoms with Gasteiger partial charge in [-0.2, -0.15) is 0 Å². The van der Waals surface area contributed by atoms with E-state index in [4.69, 9.17) is 0 Å². The summed E-state index contributed by atoms with van der Waals surface area (Å²) in [5.41, 5.74) is 24.7. The minimum Gasteiger partial charge on any atom is -0.310 e. The lowest BCUT2D eigenvalue weighted by Gasteiger charge is -2.33. The Morgan fingerprint density at radius 1 is 0.310 bits per heavy atom. The normalized spacial score (nSPS) is 13.3. The summed E-state index contributed by atoms with van der Waals surface area (Å²) in [6.07, 6.45) is 0. The van der Waals surface area contributed by atoms with E-state index in [0.29, 0.717) is 0 Å². The Kier molecular flexibility index (Phi) is 10.2. The van der Waals surface area contributed by atoms with Crippen LogP contribution in [0.1, 0.15) is 97.2 Å². The van der Waals surface area contributed by atoms with Crippen molar-refractivity contribution in [1.82, 2.24) is 0 Å². The Morgan fingerprint density at radius 3 is 1.06 bits per heavy atom. The zero-order valence-electron chi connectivity index (χ0n) is 42.9. The van der Waals surface area contributed by atoms with E-state index >= 15 is 0 Å². The Balaban J connectivity index is 1.16. The van der Waals surface area contributed by atoms with Crippen LogP contribution >= 0.6 is 0 Å². The van der Waals surface area contributed by atoms with Gasteiger partial charge in [-0.3, -0.25) is 0 Å². The number of para-hydroxylation sites is 2. The molecule has 2 aliphatic rings. The van der Waals surface area contributed by atoms with Gasteiger partial charge in [0.1, 0.15) is 0 Å². The van der Waals surface area contributed by atoms with E-state index in [1.54, 1.807) is 0 Å². The highest BCUT2D eigenvalue weighted by Gasteiger charge is 2.53. The lowest BCUT2D eigenvalue weighted by Crippen LogP contribution is -2.27. The number of rotatable bonds is 6. The summed E-state index contributed by atoms with van der Waals surface area (Å²) in [7, 11) is 0. The van der Waals surface area contributed by atoms with E-state index in [1.807, 2.05) is 0 Å². The van der Waals surface area contributed by atoms with Crippen molar-refractivity contribution in [2.24, 2.45) is 0 Å². The summed E-state index contributed by atoms with van der Waals surface area (Å²) in [4.78, 5) is 4.84. The van der Waals surface area contributed by atoms with Crippen LogP contribution in [0.3, 0.4) is 0 Å². The molecule has 0 aliphatic heterocycles. The van der Waals surface area contributed by atoms with Crippen molar-refractivity contribution in [2.75, 3.05) is 9.80 Å². The Bertz CT molecular complexity index is 3480. The van der Waals surface area contributed by atoms with E-state index in [2.05, 4.69) is 273 Å². The van der Waals surface area contributed by atoms with Crippen molar-refractivity contribution in [3.05, 3.63) is 250 Å². The van der Waals surface area contributed by atoms with Crippen molar-refractivity contribution in [2.45, 2.75) is 85.5 Å². The molecule has 0 unspecified atom stereocenters. The van der Waals surface area contributed by atoms with Crippen LogP contribution < -0.4 is 9.80 Å². The highest BCUT2D eigenvalue weighted by Crippen LogP contribution is 2.66. The molecule has 0 heterocycles. The second-order valence-corrected chi connectivity index (χ2v) is 22.6. The van der Waals surface area contributed by atoms with Crippen LogP contribution in [0, 0.1) is 27.7 Å². The topological polar surface area (TPSA) is 6.48 Å². The summed E-state index contributed by atoms with van der Waals surface area (Å²) in [6.45, 7) is 22.8. The van der Waals surface area contributed by atoms with Gasteiger partial charge in [-0.25, -0.2) is 0 Å². The summed E-state index contributed by atoms with van der Waals surface area (Å²) in [5.74, 6) is 0. The molecule has 0 bridgehead atoms. The third-order valence-corrected chi connectivity index (χ3v) is 15.4. The molecule has 0 radical (unpaired) electrons. The molecule has 0 saturated carbocycles. The molecule has 12 rings (SSSR count). The summed E-state index contributed by atoms with van der Waals surface area (Å²) < 4.78 is 0. The third kappa shape index (κ3) is 7.13. The largest absolute Gasteiger partial charge is 0.310 e. The third-order valence-electron chi connectivity index (χ3n) is 15.4. The first-order valence-corrected chi connectivity index (χ1v) is 25.4. The second-order valence-electron chi connectivity index (χ2n) is 22.6. The molecule has 0 atom stereocenters. The Hall–Kier alpha value is -7.68. The lowest BCUT2D eigenvalue weighted by molar-refractivity contribution is 0.589. The van der Waals surface area contributed by atoms with Gasteiger partial charge in [0.15, 0.2) is 0 Å². The first-order chi connectivity index (χ1) is 34.1. The van der Waals surface area contributed by atoms with Crippen molar-refractivity contribution in [3.63, 3.8) is 0 Å². The van der Waals surface area contributed by atoms with E-state index in [-0.39, 0.29) is 10.8 Å². The van der Waals surface area contributed by atoms with Crippen molar-refractivity contribution in [3.8, 4) is 22.3 Å². The minimum absolute atomic E-state index is 0.0226. The second kappa shape index (κ2) is 16.2. The zero-order valence-corrected chi connectivity index (χ0v) is 42.9. The standard InChI is InChI=1S/C69H62N2/c1-43-33-44(2)36-55(35-43)70(51-17-13-11-14-18-51)53-25-29-57-47(39-53)21-27-59-60-28-22-48-40-54(71(52-19-15-12-16-20-52)56-37-45(3)34-46(4)38-56)26-30-58(48)66(60)69(65(57)59)63-31-23-49(67(5,6)7)41-61(63)62-42-50(68(8,9)10)24-32-64(62)69/h11-42H,1-10H3. The first-order valence-electron chi connectivity index (χ1n) is 25.4. The maximum atomic E-state index is 2.53. The van der Waals surface area contributed by atoms with Crippen LogP contribution in [0.2, 0.25) is 0 Å². The van der Waals surface area contributed by atoms with E-state index in [9.17, 15) is 0 Å². The number of anilines is 6. The van der Waals surface area contributed by atoms with Crippen LogP contribution in [-0.2, 0) is 16.2 Å². The van der Waals surface area contributed by atoms with Gasteiger partial charge in [-0.15, -0.1) is 0 Å². The van der Waals surface area contributed by atoms with Gasteiger partial charge in [-0.1, -0.05) is 163 Å². The molecule has 0 fully saturated rings. The predicted molar refractivity (Wildman–Crippen MR) is 303 cm³/mol. The smallest absolute Gasteiger partial charge is 0.0737 e. The SMILES string of the molecule is Cc1cc(C)cc(N(c2ccccc2)c2ccc3c4c(ccc3c2)-c2ccc3cc(N(c5ccccc5)c5cc(C)cc(C)c5)ccc3c2C42c3ccc(C(C)(C)C)cc3-c3cc(C(C)(C)C)ccc32)c1. The van der Waals surface area contributed by atoms with Gasteiger partial charge in [0.2, 0.25) is 0 Å². The fourth-order valence-electron chi connectivity index (χ4n) is 12.3. The summed E-state index contributed by atoms with van der Waals surface area (Å²) in [5, 5.41) is 5.02. The molecule has 0 aromatic heterocycles. The monoisotopic (exact) mass is 918 g/mol. The molecule has 2 aliphatic carbocycles. The number of nitrogens with zero attached hydrogens (tertiary/aromatic N) is 2. The predicted octanol–water partition coefficient (Wildman–Crippen LogP) is 19.1. The highest BCUT2D eigenvalue weighted by atomic mass is 15.1. The molecule has 10 aromatic rings. The van der Waals surface area contributed by atoms with Gasteiger partial charge in [-0.05, 0) is 211 Å². The number of benzene rings is 10. The van der Waals surface area contributed by atoms with Crippen LogP contribution in [0.5, 0.6) is 0 Å². The van der Waals surface area contributed by atoms with E-state index in [0.717, 1.165) is 34.1 Å². The molecule has 0 saturated heterocycles. The van der Waals surface area contributed by atoms with Gasteiger partial charge in [0.05, 0.1) is 5.41 Å². The fraction of sp³-hybridized carbons (Fsp3) is 0.188. The van der Waals surface area contributed by atoms with Crippen LogP contribution in [0.25, 0.3) is 43.8 Å². The average molecular weight is 919 g/mol. The molecular weight excluding hydrogens is 857 g/mol.